The first-order chi connectivity index (χ1) is 14.5. The summed E-state index contributed by atoms with van der Waals surface area (Å²) in [5.41, 5.74) is 0.894. The Balaban J connectivity index is 1.77. The second-order valence-electron chi connectivity index (χ2n) is 6.93. The van der Waals surface area contributed by atoms with Gasteiger partial charge in [-0.2, -0.15) is 0 Å². The molecule has 6 nitrogen and oxygen atoms in total. The Morgan fingerprint density at radius 1 is 1.00 bits per heavy atom. The van der Waals surface area contributed by atoms with Crippen LogP contribution in [0.3, 0.4) is 0 Å². The lowest BCUT2D eigenvalue weighted by Crippen LogP contribution is -2.48. The van der Waals surface area contributed by atoms with Gasteiger partial charge < -0.3 is 19.7 Å². The summed E-state index contributed by atoms with van der Waals surface area (Å²) in [6.45, 7) is 1.83. The van der Waals surface area contributed by atoms with Crippen molar-refractivity contribution in [3.8, 4) is 11.5 Å². The molecule has 0 bridgehead atoms. The van der Waals surface area contributed by atoms with Crippen LogP contribution in [0, 0.1) is 0 Å². The standard InChI is InChI=1S/C24H26N2O4/c1-17(24(28)25-2)26(15-18-11-13-20(29-3)14-12-18)23(27)16-30-22-10-6-8-19-7-4-5-9-21(19)22/h4-14,17H,15-16H2,1-3H3,(H,25,28)/t17-/m1/s1. The van der Waals surface area contributed by atoms with E-state index in [0.717, 1.165) is 22.1 Å². The number of amides is 2. The summed E-state index contributed by atoms with van der Waals surface area (Å²) in [5.74, 6) is 0.866. The van der Waals surface area contributed by atoms with Crippen molar-refractivity contribution in [2.75, 3.05) is 20.8 Å². The van der Waals surface area contributed by atoms with Crippen LogP contribution in [0.25, 0.3) is 10.8 Å². The monoisotopic (exact) mass is 406 g/mol. The van der Waals surface area contributed by atoms with Gasteiger partial charge in [-0.25, -0.2) is 0 Å². The van der Waals surface area contributed by atoms with Crippen molar-refractivity contribution in [2.24, 2.45) is 0 Å². The van der Waals surface area contributed by atoms with E-state index in [9.17, 15) is 9.59 Å². The molecule has 3 aromatic carbocycles. The third-order valence-electron chi connectivity index (χ3n) is 5.03. The molecule has 3 aromatic rings. The third kappa shape index (κ3) is 4.89. The normalized spacial score (nSPS) is 11.6. The molecule has 1 atom stereocenters. The number of hydrogen-bond donors (Lipinski definition) is 1. The lowest BCUT2D eigenvalue weighted by Gasteiger charge is -2.28. The van der Waals surface area contributed by atoms with Crippen LogP contribution < -0.4 is 14.8 Å². The fourth-order valence-electron chi connectivity index (χ4n) is 3.26. The van der Waals surface area contributed by atoms with Gasteiger partial charge in [-0.05, 0) is 36.1 Å². The summed E-state index contributed by atoms with van der Waals surface area (Å²) >= 11 is 0. The molecular formula is C24H26N2O4. The van der Waals surface area contributed by atoms with E-state index < -0.39 is 6.04 Å². The Morgan fingerprint density at radius 3 is 2.40 bits per heavy atom. The summed E-state index contributed by atoms with van der Waals surface area (Å²) in [6, 6.07) is 20.3. The minimum absolute atomic E-state index is 0.161. The second kappa shape index (κ2) is 9.78. The first kappa shape index (κ1) is 21.2. The molecule has 0 unspecified atom stereocenters. The summed E-state index contributed by atoms with van der Waals surface area (Å²) < 4.78 is 11.0. The number of rotatable bonds is 8. The molecule has 2 amide bonds. The van der Waals surface area contributed by atoms with Crippen LogP contribution in [-0.4, -0.2) is 43.5 Å². The van der Waals surface area contributed by atoms with Crippen molar-refractivity contribution in [2.45, 2.75) is 19.5 Å². The minimum Gasteiger partial charge on any atom is -0.497 e. The van der Waals surface area contributed by atoms with E-state index in [2.05, 4.69) is 5.32 Å². The zero-order valence-electron chi connectivity index (χ0n) is 17.4. The summed E-state index contributed by atoms with van der Waals surface area (Å²) in [6.07, 6.45) is 0. The molecule has 30 heavy (non-hydrogen) atoms. The van der Waals surface area contributed by atoms with E-state index in [1.807, 2.05) is 66.7 Å². The Bertz CT molecular complexity index is 1010. The highest BCUT2D eigenvalue weighted by atomic mass is 16.5. The SMILES string of the molecule is CNC(=O)[C@@H](C)N(Cc1ccc(OC)cc1)C(=O)COc1cccc2ccccc12. The Kier molecular flexibility index (Phi) is 6.91. The van der Waals surface area contributed by atoms with E-state index >= 15 is 0 Å². The molecule has 0 fully saturated rings. The predicted octanol–water partition coefficient (Wildman–Crippen LogP) is 3.39. The van der Waals surface area contributed by atoms with Crippen LogP contribution in [0.15, 0.2) is 66.7 Å². The van der Waals surface area contributed by atoms with Crippen molar-refractivity contribution >= 4 is 22.6 Å². The fraction of sp³-hybridized carbons (Fsp3) is 0.250. The van der Waals surface area contributed by atoms with Crippen LogP contribution in [0.2, 0.25) is 0 Å². The van der Waals surface area contributed by atoms with Gasteiger partial charge in [-0.15, -0.1) is 0 Å². The molecule has 0 heterocycles. The lowest BCUT2D eigenvalue weighted by molar-refractivity contribution is -0.142. The number of hydrogen-bond acceptors (Lipinski definition) is 4. The summed E-state index contributed by atoms with van der Waals surface area (Å²) in [7, 11) is 3.16. The van der Waals surface area contributed by atoms with E-state index in [4.69, 9.17) is 9.47 Å². The highest BCUT2D eigenvalue weighted by Crippen LogP contribution is 2.25. The predicted molar refractivity (Wildman–Crippen MR) is 117 cm³/mol. The molecule has 6 heteroatoms. The van der Waals surface area contributed by atoms with Crippen LogP contribution >= 0.6 is 0 Å². The maximum Gasteiger partial charge on any atom is 0.261 e. The molecule has 0 aromatic heterocycles. The quantitative estimate of drug-likeness (QED) is 0.623. The number of ether oxygens (including phenoxy) is 2. The molecule has 0 radical (unpaired) electrons. The van der Waals surface area contributed by atoms with E-state index in [1.165, 1.54) is 4.90 Å². The van der Waals surface area contributed by atoms with Crippen molar-refractivity contribution in [3.63, 3.8) is 0 Å². The number of likely N-dealkylation sites (N-methyl/N-ethyl adjacent to an activating group) is 1. The number of nitrogens with one attached hydrogen (secondary N) is 1. The molecule has 0 aliphatic heterocycles. The molecule has 0 saturated heterocycles. The third-order valence-corrected chi connectivity index (χ3v) is 5.03. The topological polar surface area (TPSA) is 67.9 Å². The van der Waals surface area contributed by atoms with Gasteiger partial charge >= 0.3 is 0 Å². The average molecular weight is 406 g/mol. The first-order valence-electron chi connectivity index (χ1n) is 9.78. The van der Waals surface area contributed by atoms with E-state index in [-0.39, 0.29) is 25.0 Å². The van der Waals surface area contributed by atoms with E-state index in [1.54, 1.807) is 21.1 Å². The largest absolute Gasteiger partial charge is 0.497 e. The molecule has 0 spiro atoms. The molecule has 0 saturated carbocycles. The number of benzene rings is 3. The molecular weight excluding hydrogens is 380 g/mol. The Hall–Kier alpha value is -3.54. The van der Waals surface area contributed by atoms with Gasteiger partial charge in [0.1, 0.15) is 17.5 Å². The summed E-state index contributed by atoms with van der Waals surface area (Å²) in [5, 5.41) is 4.59. The highest BCUT2D eigenvalue weighted by Gasteiger charge is 2.26. The van der Waals surface area contributed by atoms with Gasteiger partial charge in [-0.3, -0.25) is 9.59 Å². The van der Waals surface area contributed by atoms with Gasteiger partial charge in [0.25, 0.3) is 5.91 Å². The molecule has 1 N–H and O–H groups in total. The number of nitrogens with zero attached hydrogens (tertiary/aromatic N) is 1. The maximum atomic E-state index is 13.0. The van der Waals surface area contributed by atoms with Crippen LogP contribution in [0.5, 0.6) is 11.5 Å². The van der Waals surface area contributed by atoms with Crippen molar-refractivity contribution < 1.29 is 19.1 Å². The molecule has 3 rings (SSSR count). The van der Waals surface area contributed by atoms with Gasteiger partial charge in [0.2, 0.25) is 5.91 Å². The first-order valence-corrected chi connectivity index (χ1v) is 9.78. The van der Waals surface area contributed by atoms with Crippen LogP contribution in [0.1, 0.15) is 12.5 Å². The van der Waals surface area contributed by atoms with Gasteiger partial charge in [-0.1, -0.05) is 48.5 Å². The molecule has 0 aliphatic carbocycles. The Morgan fingerprint density at radius 2 is 1.70 bits per heavy atom. The van der Waals surface area contributed by atoms with Crippen LogP contribution in [-0.2, 0) is 16.1 Å². The Labute approximate surface area is 176 Å². The van der Waals surface area contributed by atoms with Gasteiger partial charge in [0.05, 0.1) is 7.11 Å². The number of carbonyl (C=O) groups is 2. The van der Waals surface area contributed by atoms with Crippen molar-refractivity contribution in [1.82, 2.24) is 10.2 Å². The molecule has 0 aliphatic rings. The zero-order chi connectivity index (χ0) is 21.5. The van der Waals surface area contributed by atoms with E-state index in [0.29, 0.717) is 5.75 Å². The van der Waals surface area contributed by atoms with Crippen molar-refractivity contribution in [3.05, 3.63) is 72.3 Å². The number of carbonyl (C=O) groups excluding carboxylic acids is 2. The number of fused-ring (bicyclic) bond motifs is 1. The fourth-order valence-corrected chi connectivity index (χ4v) is 3.26. The summed E-state index contributed by atoms with van der Waals surface area (Å²) in [4.78, 5) is 26.8. The highest BCUT2D eigenvalue weighted by molar-refractivity contribution is 5.90. The second-order valence-corrected chi connectivity index (χ2v) is 6.93. The smallest absolute Gasteiger partial charge is 0.261 e. The number of methoxy groups -OCH3 is 1. The maximum absolute atomic E-state index is 13.0. The van der Waals surface area contributed by atoms with Gasteiger partial charge in [0, 0.05) is 19.0 Å². The van der Waals surface area contributed by atoms with Gasteiger partial charge in [0.15, 0.2) is 6.61 Å². The van der Waals surface area contributed by atoms with Crippen LogP contribution in [0.4, 0.5) is 0 Å². The van der Waals surface area contributed by atoms with Crippen molar-refractivity contribution in [1.29, 1.82) is 0 Å². The zero-order valence-corrected chi connectivity index (χ0v) is 17.4. The lowest BCUT2D eigenvalue weighted by atomic mass is 10.1. The minimum atomic E-state index is -0.638. The molecule has 156 valence electrons. The average Bonchev–Trinajstić information content (AvgIpc) is 2.80.